The van der Waals surface area contributed by atoms with E-state index in [4.69, 9.17) is 5.21 Å². The summed E-state index contributed by atoms with van der Waals surface area (Å²) in [6.07, 6.45) is 1.00. The number of hydroxylamine groups is 1. The number of carbonyl (C=O) groups excluding carboxylic acids is 1. The van der Waals surface area contributed by atoms with Crippen LogP contribution in [0.1, 0.15) is 55.9 Å². The van der Waals surface area contributed by atoms with E-state index in [2.05, 4.69) is 20.8 Å². The van der Waals surface area contributed by atoms with Crippen LogP contribution in [0, 0.1) is 20.8 Å². The zero-order valence-corrected chi connectivity index (χ0v) is 17.5. The average Bonchev–Trinajstić information content (AvgIpc) is 2.41. The largest absolute Gasteiger partial charge is 3.00 e. The van der Waals surface area contributed by atoms with Gasteiger partial charge in [-0.05, 0) is 13.8 Å². The first-order valence-electron chi connectivity index (χ1n) is 6.49. The Morgan fingerprint density at radius 1 is 1.13 bits per heavy atom. The number of carbonyl (C=O) groups is 1. The quantitative estimate of drug-likeness (QED) is 0.399. The summed E-state index contributed by atoms with van der Waals surface area (Å²) in [7, 11) is -3.88. The molecule has 0 radical (unpaired) electrons. The molecule has 6 nitrogen and oxygen atoms in total. The van der Waals surface area contributed by atoms with Gasteiger partial charge in [-0.3, -0.25) is 14.3 Å². The van der Waals surface area contributed by atoms with Crippen LogP contribution >= 0.6 is 0 Å². The van der Waals surface area contributed by atoms with Gasteiger partial charge >= 0.3 is 32.7 Å². The van der Waals surface area contributed by atoms with E-state index in [0.717, 1.165) is 10.7 Å². The molecule has 8 heteroatoms. The van der Waals surface area contributed by atoms with Crippen LogP contribution in [0.15, 0.2) is 0 Å². The zero-order valence-electron chi connectivity index (χ0n) is 13.8. The molecule has 1 amide bonds. The molecule has 0 atom stereocenters. The van der Waals surface area contributed by atoms with E-state index in [1.54, 1.807) is 0 Å². The number of hydrogen-bond acceptors (Lipinski definition) is 4. The van der Waals surface area contributed by atoms with Crippen molar-refractivity contribution in [1.29, 1.82) is 0 Å². The number of amides is 1. The molecule has 0 unspecified atom stereocenters. The van der Waals surface area contributed by atoms with Crippen molar-refractivity contribution in [3.63, 3.8) is 0 Å². The molecule has 0 rings (SSSR count). The summed E-state index contributed by atoms with van der Waals surface area (Å²) in [6, 6.07) is 0. The predicted molar refractivity (Wildman–Crippen MR) is 95.7 cm³/mol. The van der Waals surface area contributed by atoms with E-state index in [-0.39, 0.29) is 60.7 Å². The Hall–Kier alpha value is 0.444. The summed E-state index contributed by atoms with van der Waals surface area (Å²) in [5.74, 6) is -0.991. The summed E-state index contributed by atoms with van der Waals surface area (Å²) in [6.45, 7) is 18.7. The molecule has 0 bridgehead atoms. The van der Waals surface area contributed by atoms with Crippen LogP contribution in [0.2, 0.25) is 0 Å². The normalized spacial score (nSPS) is 9.48. The second-order valence-electron chi connectivity index (χ2n) is 3.86. The SMILES string of the molecule is C.C.CC.[CH2-]CC.[CH2-]CN(C[CH2-])S(=O)(=O)C(C)(C)C(=O)NO.[Y+3]. The van der Waals surface area contributed by atoms with E-state index in [1.807, 2.05) is 20.8 Å². The van der Waals surface area contributed by atoms with Gasteiger partial charge in [0.15, 0.2) is 4.75 Å². The Labute approximate surface area is 170 Å². The summed E-state index contributed by atoms with van der Waals surface area (Å²) < 4.78 is 23.0. The maximum absolute atomic E-state index is 11.9. The third-order valence-corrected chi connectivity index (χ3v) is 4.65. The first-order valence-corrected chi connectivity index (χ1v) is 7.93. The van der Waals surface area contributed by atoms with Crippen molar-refractivity contribution >= 4 is 15.9 Å². The average molecular weight is 430 g/mol. The number of nitrogens with one attached hydrogen (secondary N) is 1. The molecule has 0 heterocycles. The molecule has 0 aliphatic heterocycles. The van der Waals surface area contributed by atoms with Gasteiger partial charge in [-0.15, -0.1) is 13.1 Å². The minimum Gasteiger partial charge on any atom is -0.344 e. The van der Waals surface area contributed by atoms with E-state index < -0.39 is 20.7 Å². The third kappa shape index (κ3) is 12.5. The Balaban J connectivity index is -0.0000000806. The standard InChI is InChI=1S/C8H16N2O4S.C3H7.C2H6.2CH4.Y/c1-5-10(6-2)15(13,14)8(3,4)7(11)9-12;1-3-2;1-2;;;/h12H,1-2,5-6H2,3-4H3,(H,9,11);1,3H2,2H3;1-2H3;2*1H4;/q-2;-1;;;;+3. The topological polar surface area (TPSA) is 86.7 Å². The van der Waals surface area contributed by atoms with E-state index in [1.165, 1.54) is 19.3 Å². The Morgan fingerprint density at radius 2 is 1.39 bits per heavy atom. The first kappa shape index (κ1) is 38.8. The molecule has 0 saturated carbocycles. The van der Waals surface area contributed by atoms with Gasteiger partial charge in [-0.2, -0.15) is 6.42 Å². The van der Waals surface area contributed by atoms with E-state index in [9.17, 15) is 13.2 Å². The van der Waals surface area contributed by atoms with Crippen LogP contribution in [0.3, 0.4) is 0 Å². The molecule has 140 valence electrons. The molecule has 0 aromatic carbocycles. The van der Waals surface area contributed by atoms with Crippen molar-refractivity contribution in [2.45, 2.75) is 60.6 Å². The van der Waals surface area contributed by atoms with Gasteiger partial charge < -0.3 is 20.8 Å². The number of sulfonamides is 1. The van der Waals surface area contributed by atoms with Gasteiger partial charge in [0.2, 0.25) is 10.0 Å². The number of nitrogens with zero attached hydrogens (tertiary/aromatic N) is 1. The van der Waals surface area contributed by atoms with Crippen molar-refractivity contribution < 1.29 is 51.1 Å². The molecule has 23 heavy (non-hydrogen) atoms. The van der Waals surface area contributed by atoms with E-state index >= 15 is 0 Å². The fourth-order valence-corrected chi connectivity index (χ4v) is 2.33. The maximum atomic E-state index is 11.9. The minimum atomic E-state index is -3.88. The zero-order chi connectivity index (χ0) is 17.0. The van der Waals surface area contributed by atoms with Crippen LogP contribution in [-0.2, 0) is 47.5 Å². The van der Waals surface area contributed by atoms with Crippen molar-refractivity contribution in [2.24, 2.45) is 0 Å². The van der Waals surface area contributed by atoms with Crippen LogP contribution in [0.4, 0.5) is 0 Å². The molecule has 0 saturated heterocycles. The van der Waals surface area contributed by atoms with Gasteiger partial charge in [0.05, 0.1) is 0 Å². The second kappa shape index (κ2) is 20.5. The maximum Gasteiger partial charge on any atom is 3.00 e. The molecular formula is C15H37N2O4SY. The van der Waals surface area contributed by atoms with E-state index in [0.29, 0.717) is 0 Å². The fourth-order valence-electron chi connectivity index (χ4n) is 0.927. The molecule has 0 aliphatic rings. The molecule has 2 N–H and O–H groups in total. The van der Waals surface area contributed by atoms with Gasteiger partial charge in [0, 0.05) is 0 Å². The number of hydrogen-bond donors (Lipinski definition) is 2. The fraction of sp³-hybridized carbons (Fsp3) is 0.733. The smallest absolute Gasteiger partial charge is 0.344 e. The summed E-state index contributed by atoms with van der Waals surface area (Å²) in [4.78, 5) is 11.2. The Bertz CT molecular complexity index is 343. The van der Waals surface area contributed by atoms with Crippen LogP contribution < -0.4 is 5.48 Å². The van der Waals surface area contributed by atoms with Gasteiger partial charge in [0.1, 0.15) is 0 Å². The van der Waals surface area contributed by atoms with Gasteiger partial charge in [-0.25, -0.2) is 13.9 Å². The van der Waals surface area contributed by atoms with Crippen molar-refractivity contribution in [1.82, 2.24) is 9.79 Å². The van der Waals surface area contributed by atoms with Crippen LogP contribution in [0.5, 0.6) is 0 Å². The van der Waals surface area contributed by atoms with Gasteiger partial charge in [0.25, 0.3) is 5.91 Å². The summed E-state index contributed by atoms with van der Waals surface area (Å²) in [5, 5.41) is 8.45. The van der Waals surface area contributed by atoms with Crippen molar-refractivity contribution in [2.75, 3.05) is 13.1 Å². The first-order chi connectivity index (χ1) is 9.16. The molecule has 0 spiro atoms. The number of rotatable bonds is 5. The van der Waals surface area contributed by atoms with Gasteiger partial charge in [-0.1, -0.05) is 35.6 Å². The molecule has 0 aromatic rings. The molecule has 0 aromatic heterocycles. The van der Waals surface area contributed by atoms with Crippen molar-refractivity contribution in [3.05, 3.63) is 20.8 Å². The molecular weight excluding hydrogens is 393 g/mol. The Kier molecular flexibility index (Phi) is 34.6. The monoisotopic (exact) mass is 430 g/mol. The summed E-state index contributed by atoms with van der Waals surface area (Å²) in [5.41, 5.74) is 1.33. The van der Waals surface area contributed by atoms with Crippen LogP contribution in [0.25, 0.3) is 0 Å². The van der Waals surface area contributed by atoms with Crippen LogP contribution in [-0.4, -0.2) is 41.7 Å². The molecule has 0 fully saturated rings. The minimum absolute atomic E-state index is 0. The summed E-state index contributed by atoms with van der Waals surface area (Å²) >= 11 is 0. The third-order valence-electron chi connectivity index (χ3n) is 2.13. The molecule has 0 aliphatic carbocycles. The predicted octanol–water partition coefficient (Wildman–Crippen LogP) is 3.10. The second-order valence-corrected chi connectivity index (χ2v) is 6.34. The Morgan fingerprint density at radius 3 is 1.57 bits per heavy atom. The van der Waals surface area contributed by atoms with Crippen molar-refractivity contribution in [3.8, 4) is 0 Å².